The number of aromatic hydroxyl groups is 1. The average molecular weight is 303 g/mol. The van der Waals surface area contributed by atoms with Crippen molar-refractivity contribution in [2.75, 3.05) is 0 Å². The minimum Gasteiger partial charge on any atom is -0.508 e. The maximum absolute atomic E-state index is 14.2. The van der Waals surface area contributed by atoms with Crippen molar-refractivity contribution >= 4 is 22.6 Å². The van der Waals surface area contributed by atoms with Gasteiger partial charge in [-0.05, 0) is 43.2 Å². The Labute approximate surface area is 125 Å². The summed E-state index contributed by atoms with van der Waals surface area (Å²) >= 11 is 6.07. The molecule has 0 saturated heterocycles. The fourth-order valence-electron chi connectivity index (χ4n) is 2.64. The van der Waals surface area contributed by atoms with E-state index in [1.165, 1.54) is 6.07 Å². The normalized spacial score (nSPS) is 14.8. The van der Waals surface area contributed by atoms with Crippen molar-refractivity contribution in [3.05, 3.63) is 47.2 Å². The van der Waals surface area contributed by atoms with Gasteiger partial charge in [-0.1, -0.05) is 11.6 Å². The molecule has 1 aliphatic rings. The Kier molecular flexibility index (Phi) is 2.69. The SMILES string of the molecule is Oc1ccc(-c2nc3ccc(Cl)cc3n2C2CC2)c(F)c1. The first kappa shape index (κ1) is 12.7. The molecular formula is C16H12ClFN2O. The Morgan fingerprint density at radius 1 is 1.19 bits per heavy atom. The van der Waals surface area contributed by atoms with Gasteiger partial charge in [-0.15, -0.1) is 0 Å². The van der Waals surface area contributed by atoms with Gasteiger partial charge in [0.15, 0.2) is 0 Å². The lowest BCUT2D eigenvalue weighted by Crippen LogP contribution is -1.99. The lowest BCUT2D eigenvalue weighted by Gasteiger charge is -2.08. The highest BCUT2D eigenvalue weighted by Crippen LogP contribution is 2.42. The van der Waals surface area contributed by atoms with Crippen molar-refractivity contribution in [2.24, 2.45) is 0 Å². The maximum Gasteiger partial charge on any atom is 0.144 e. The predicted molar refractivity (Wildman–Crippen MR) is 80.1 cm³/mol. The van der Waals surface area contributed by atoms with E-state index in [2.05, 4.69) is 9.55 Å². The molecule has 0 bridgehead atoms. The van der Waals surface area contributed by atoms with Crippen LogP contribution in [-0.4, -0.2) is 14.7 Å². The molecule has 0 amide bonds. The van der Waals surface area contributed by atoms with Crippen LogP contribution >= 0.6 is 11.6 Å². The monoisotopic (exact) mass is 302 g/mol. The molecule has 3 nitrogen and oxygen atoms in total. The second-order valence-electron chi connectivity index (χ2n) is 5.33. The molecule has 106 valence electrons. The lowest BCUT2D eigenvalue weighted by atomic mass is 10.2. The fourth-order valence-corrected chi connectivity index (χ4v) is 2.81. The summed E-state index contributed by atoms with van der Waals surface area (Å²) in [4.78, 5) is 4.56. The van der Waals surface area contributed by atoms with Crippen LogP contribution in [0.25, 0.3) is 22.4 Å². The van der Waals surface area contributed by atoms with Gasteiger partial charge in [-0.2, -0.15) is 0 Å². The molecule has 5 heteroatoms. The number of benzene rings is 2. The quantitative estimate of drug-likeness (QED) is 0.755. The van der Waals surface area contributed by atoms with Gasteiger partial charge in [0.2, 0.25) is 0 Å². The van der Waals surface area contributed by atoms with Gasteiger partial charge in [0, 0.05) is 17.1 Å². The third-order valence-corrected chi connectivity index (χ3v) is 3.99. The standard InChI is InChI=1S/C16H12ClFN2O/c17-9-1-6-14-15(7-9)20(10-2-3-10)16(19-14)12-5-4-11(21)8-13(12)18/h1,4-8,10,21H,2-3H2. The van der Waals surface area contributed by atoms with Crippen molar-refractivity contribution in [2.45, 2.75) is 18.9 Å². The van der Waals surface area contributed by atoms with Crippen molar-refractivity contribution in [1.82, 2.24) is 9.55 Å². The molecule has 1 heterocycles. The number of aromatic nitrogens is 2. The number of halogens is 2. The van der Waals surface area contributed by atoms with E-state index in [-0.39, 0.29) is 5.75 Å². The summed E-state index contributed by atoms with van der Waals surface area (Å²) in [6.45, 7) is 0. The minimum atomic E-state index is -0.474. The Hall–Kier alpha value is -2.07. The number of hydrogen-bond acceptors (Lipinski definition) is 2. The summed E-state index contributed by atoms with van der Waals surface area (Å²) in [5, 5.41) is 10.0. The topological polar surface area (TPSA) is 38.1 Å². The van der Waals surface area contributed by atoms with Crippen LogP contribution in [0.15, 0.2) is 36.4 Å². The fraction of sp³-hybridized carbons (Fsp3) is 0.188. The predicted octanol–water partition coefficient (Wildman–Crippen LogP) is 4.54. The lowest BCUT2D eigenvalue weighted by molar-refractivity contribution is 0.469. The van der Waals surface area contributed by atoms with Gasteiger partial charge in [0.05, 0.1) is 16.6 Å². The molecule has 1 aliphatic carbocycles. The van der Waals surface area contributed by atoms with Gasteiger partial charge in [-0.25, -0.2) is 9.37 Å². The molecule has 3 aromatic rings. The van der Waals surface area contributed by atoms with E-state index >= 15 is 0 Å². The van der Waals surface area contributed by atoms with Crippen LogP contribution in [0.5, 0.6) is 5.75 Å². The van der Waals surface area contributed by atoms with Crippen LogP contribution in [0.1, 0.15) is 18.9 Å². The Balaban J connectivity index is 2.01. The molecule has 2 aromatic carbocycles. The molecule has 1 N–H and O–H groups in total. The molecule has 1 aromatic heterocycles. The summed E-state index contributed by atoms with van der Waals surface area (Å²) < 4.78 is 16.2. The van der Waals surface area contributed by atoms with E-state index < -0.39 is 5.82 Å². The molecule has 1 saturated carbocycles. The van der Waals surface area contributed by atoms with Crippen LogP contribution in [0.4, 0.5) is 4.39 Å². The summed E-state index contributed by atoms with van der Waals surface area (Å²) in [7, 11) is 0. The number of nitrogens with zero attached hydrogens (tertiary/aromatic N) is 2. The highest BCUT2D eigenvalue weighted by Gasteiger charge is 2.29. The molecule has 21 heavy (non-hydrogen) atoms. The summed E-state index contributed by atoms with van der Waals surface area (Å²) in [5.41, 5.74) is 2.12. The molecule has 1 fully saturated rings. The van der Waals surface area contributed by atoms with Crippen molar-refractivity contribution in [1.29, 1.82) is 0 Å². The van der Waals surface area contributed by atoms with Crippen molar-refractivity contribution in [3.8, 4) is 17.1 Å². The van der Waals surface area contributed by atoms with Gasteiger partial charge in [0.25, 0.3) is 0 Å². The zero-order valence-electron chi connectivity index (χ0n) is 11.1. The summed E-state index contributed by atoms with van der Waals surface area (Å²) in [6.07, 6.45) is 2.12. The van der Waals surface area contributed by atoms with Gasteiger partial charge >= 0.3 is 0 Å². The average Bonchev–Trinajstić information content (AvgIpc) is 3.20. The van der Waals surface area contributed by atoms with Crippen LogP contribution in [-0.2, 0) is 0 Å². The first-order chi connectivity index (χ1) is 10.1. The van der Waals surface area contributed by atoms with Crippen molar-refractivity contribution in [3.63, 3.8) is 0 Å². The Morgan fingerprint density at radius 3 is 2.71 bits per heavy atom. The highest BCUT2D eigenvalue weighted by molar-refractivity contribution is 6.31. The number of phenolic OH excluding ortho intramolecular Hbond substituents is 1. The molecule has 0 radical (unpaired) electrons. The molecule has 4 rings (SSSR count). The van der Waals surface area contributed by atoms with E-state index in [1.807, 2.05) is 12.1 Å². The number of phenols is 1. The maximum atomic E-state index is 14.2. The molecule has 0 spiro atoms. The van der Waals surface area contributed by atoms with Gasteiger partial charge in [-0.3, -0.25) is 0 Å². The number of fused-ring (bicyclic) bond motifs is 1. The number of hydrogen-bond donors (Lipinski definition) is 1. The summed E-state index contributed by atoms with van der Waals surface area (Å²) in [6, 6.07) is 9.98. The number of rotatable bonds is 2. The van der Waals surface area contributed by atoms with E-state index in [0.29, 0.717) is 22.5 Å². The van der Waals surface area contributed by atoms with E-state index in [0.717, 1.165) is 29.9 Å². The zero-order chi connectivity index (χ0) is 14.6. The van der Waals surface area contributed by atoms with Gasteiger partial charge in [0.1, 0.15) is 17.4 Å². The van der Waals surface area contributed by atoms with Crippen LogP contribution in [0, 0.1) is 5.82 Å². The molecular weight excluding hydrogens is 291 g/mol. The van der Waals surface area contributed by atoms with E-state index in [9.17, 15) is 9.50 Å². The zero-order valence-corrected chi connectivity index (χ0v) is 11.8. The van der Waals surface area contributed by atoms with Crippen molar-refractivity contribution < 1.29 is 9.50 Å². The summed E-state index contributed by atoms with van der Waals surface area (Å²) in [5.74, 6) is 0.0268. The first-order valence-corrected chi connectivity index (χ1v) is 7.17. The largest absolute Gasteiger partial charge is 0.508 e. The first-order valence-electron chi connectivity index (χ1n) is 6.80. The Morgan fingerprint density at radius 2 is 2.00 bits per heavy atom. The molecule has 0 unspecified atom stereocenters. The third kappa shape index (κ3) is 2.07. The van der Waals surface area contributed by atoms with Crippen LogP contribution in [0.2, 0.25) is 5.02 Å². The smallest absolute Gasteiger partial charge is 0.144 e. The van der Waals surface area contributed by atoms with E-state index in [4.69, 9.17) is 11.6 Å². The van der Waals surface area contributed by atoms with E-state index in [1.54, 1.807) is 12.1 Å². The highest BCUT2D eigenvalue weighted by atomic mass is 35.5. The van der Waals surface area contributed by atoms with Crippen LogP contribution < -0.4 is 0 Å². The molecule has 0 aliphatic heterocycles. The Bertz CT molecular complexity index is 855. The third-order valence-electron chi connectivity index (χ3n) is 3.76. The van der Waals surface area contributed by atoms with Gasteiger partial charge < -0.3 is 9.67 Å². The van der Waals surface area contributed by atoms with Crippen LogP contribution in [0.3, 0.4) is 0 Å². The number of imidazole rings is 1. The molecule has 0 atom stereocenters. The second kappa shape index (κ2) is 4.46. The second-order valence-corrected chi connectivity index (χ2v) is 5.77. The minimum absolute atomic E-state index is 0.0895.